The molecule has 3 aliphatic carbocycles. The highest BCUT2D eigenvalue weighted by Crippen LogP contribution is 2.62. The number of allylic oxidation sites excluding steroid dienone is 5. The molecule has 0 amide bonds. The van der Waals surface area contributed by atoms with Crippen molar-refractivity contribution in [3.8, 4) is 28.3 Å². The van der Waals surface area contributed by atoms with Gasteiger partial charge < -0.3 is 4.57 Å². The van der Waals surface area contributed by atoms with E-state index in [-0.39, 0.29) is 10.8 Å². The van der Waals surface area contributed by atoms with Crippen LogP contribution in [0.1, 0.15) is 62.2 Å². The Morgan fingerprint density at radius 2 is 1.48 bits per heavy atom. The summed E-state index contributed by atoms with van der Waals surface area (Å²) in [4.78, 5) is 10.2. The fourth-order valence-electron chi connectivity index (χ4n) is 8.33. The van der Waals surface area contributed by atoms with E-state index in [9.17, 15) is 0 Å². The van der Waals surface area contributed by atoms with Crippen molar-refractivity contribution in [3.05, 3.63) is 156 Å². The molecule has 0 saturated heterocycles. The van der Waals surface area contributed by atoms with E-state index in [1.807, 2.05) is 6.07 Å². The summed E-state index contributed by atoms with van der Waals surface area (Å²) < 4.78 is 2.50. The molecule has 2 aromatic heterocycles. The number of hydrogen-bond acceptors (Lipinski definition) is 2. The standard InChI is InChI=1S/C45H39N3/c1-29-18-20-31(21-19-29)40-27-39(30-12-6-5-7-13-30)46-43(47-40)32-22-24-33(25-23-32)48-41-17-11-9-14-34(41)36-26-38-35-15-8-10-16-37(35)44(2,3)45(38,4)28-42(36)48/h5-18,20-27,29H,19,28H2,1-4H3. The Morgan fingerprint density at radius 1 is 0.750 bits per heavy atom. The smallest absolute Gasteiger partial charge is 0.160 e. The van der Waals surface area contributed by atoms with Gasteiger partial charge in [-0.15, -0.1) is 0 Å². The maximum absolute atomic E-state index is 5.13. The molecule has 2 unspecified atom stereocenters. The van der Waals surface area contributed by atoms with Gasteiger partial charge in [0.2, 0.25) is 0 Å². The van der Waals surface area contributed by atoms with E-state index in [1.165, 1.54) is 38.9 Å². The van der Waals surface area contributed by atoms with Crippen LogP contribution in [0.4, 0.5) is 0 Å². The van der Waals surface area contributed by atoms with Gasteiger partial charge in [-0.1, -0.05) is 119 Å². The van der Waals surface area contributed by atoms with Crippen LogP contribution in [0.5, 0.6) is 0 Å². The maximum atomic E-state index is 5.13. The zero-order valence-electron chi connectivity index (χ0n) is 28.0. The van der Waals surface area contributed by atoms with E-state index in [2.05, 4.69) is 160 Å². The second-order valence-corrected chi connectivity index (χ2v) is 14.6. The van der Waals surface area contributed by atoms with Crippen LogP contribution in [0.25, 0.3) is 56.5 Å². The summed E-state index contributed by atoms with van der Waals surface area (Å²) >= 11 is 0. The molecule has 0 N–H and O–H groups in total. The molecular formula is C45H39N3. The van der Waals surface area contributed by atoms with E-state index in [0.717, 1.165) is 52.4 Å². The number of rotatable bonds is 4. The second kappa shape index (κ2) is 10.6. The Hall–Kier alpha value is -5.28. The summed E-state index contributed by atoms with van der Waals surface area (Å²) in [6.07, 6.45) is 11.3. The molecule has 2 heterocycles. The normalized spacial score (nSPS) is 20.5. The molecule has 0 fully saturated rings. The second-order valence-electron chi connectivity index (χ2n) is 14.6. The Kier molecular flexibility index (Phi) is 6.39. The molecule has 2 atom stereocenters. The summed E-state index contributed by atoms with van der Waals surface area (Å²) in [6.45, 7) is 9.58. The van der Waals surface area contributed by atoms with Gasteiger partial charge in [0.15, 0.2) is 5.82 Å². The van der Waals surface area contributed by atoms with Crippen molar-refractivity contribution in [3.63, 3.8) is 0 Å². The van der Waals surface area contributed by atoms with Crippen molar-refractivity contribution in [2.75, 3.05) is 0 Å². The van der Waals surface area contributed by atoms with Crippen LogP contribution in [0.15, 0.2) is 127 Å². The van der Waals surface area contributed by atoms with Crippen LogP contribution < -0.4 is 0 Å². The van der Waals surface area contributed by atoms with Crippen LogP contribution in [0, 0.1) is 11.3 Å². The summed E-state index contributed by atoms with van der Waals surface area (Å²) in [5.74, 6) is 1.29. The van der Waals surface area contributed by atoms with Crippen LogP contribution in [0.3, 0.4) is 0 Å². The Bertz CT molecular complexity index is 2330. The minimum absolute atomic E-state index is 0.0120. The summed E-state index contributed by atoms with van der Waals surface area (Å²) in [7, 11) is 0. The Labute approximate surface area is 283 Å². The first-order chi connectivity index (χ1) is 23.3. The average molecular weight is 622 g/mol. The van der Waals surface area contributed by atoms with Crippen molar-refractivity contribution >= 4 is 28.1 Å². The van der Waals surface area contributed by atoms with E-state index < -0.39 is 0 Å². The van der Waals surface area contributed by atoms with Gasteiger partial charge in [-0.2, -0.15) is 0 Å². The highest BCUT2D eigenvalue weighted by atomic mass is 15.0. The number of benzene rings is 4. The molecule has 9 rings (SSSR count). The molecular weight excluding hydrogens is 583 g/mol. The molecule has 6 aromatic rings. The van der Waals surface area contributed by atoms with Crippen molar-refractivity contribution in [1.82, 2.24) is 14.5 Å². The van der Waals surface area contributed by atoms with E-state index in [0.29, 0.717) is 5.92 Å². The van der Waals surface area contributed by atoms with Gasteiger partial charge in [0.1, 0.15) is 0 Å². The highest BCUT2D eigenvalue weighted by Gasteiger charge is 2.54. The van der Waals surface area contributed by atoms with Crippen LogP contribution in [-0.4, -0.2) is 14.5 Å². The van der Waals surface area contributed by atoms with E-state index >= 15 is 0 Å². The van der Waals surface area contributed by atoms with Gasteiger partial charge >= 0.3 is 0 Å². The van der Waals surface area contributed by atoms with Gasteiger partial charge in [-0.25, -0.2) is 9.97 Å². The largest absolute Gasteiger partial charge is 0.313 e. The van der Waals surface area contributed by atoms with Gasteiger partial charge in [0.25, 0.3) is 0 Å². The Morgan fingerprint density at radius 3 is 2.27 bits per heavy atom. The van der Waals surface area contributed by atoms with Gasteiger partial charge in [0.05, 0.1) is 16.9 Å². The van der Waals surface area contributed by atoms with Crippen molar-refractivity contribution < 1.29 is 0 Å². The molecule has 234 valence electrons. The first-order valence-electron chi connectivity index (χ1n) is 17.2. The summed E-state index contributed by atoms with van der Waals surface area (Å²) in [5.41, 5.74) is 14.6. The number of aromatic nitrogens is 3. The predicted octanol–water partition coefficient (Wildman–Crippen LogP) is 11.1. The maximum Gasteiger partial charge on any atom is 0.160 e. The number of hydrogen-bond donors (Lipinski definition) is 0. The van der Waals surface area contributed by atoms with Crippen molar-refractivity contribution in [1.29, 1.82) is 0 Å². The molecule has 4 aromatic carbocycles. The van der Waals surface area contributed by atoms with Gasteiger partial charge in [-0.05, 0) is 83.5 Å². The number of fused-ring (bicyclic) bond motifs is 6. The molecule has 0 spiro atoms. The predicted molar refractivity (Wildman–Crippen MR) is 200 cm³/mol. The average Bonchev–Trinajstić information content (AvgIpc) is 3.52. The molecule has 3 aliphatic rings. The zero-order chi connectivity index (χ0) is 32.6. The lowest BCUT2D eigenvalue weighted by Gasteiger charge is -2.42. The third-order valence-corrected chi connectivity index (χ3v) is 11.5. The zero-order valence-corrected chi connectivity index (χ0v) is 28.0. The molecule has 0 radical (unpaired) electrons. The minimum Gasteiger partial charge on any atom is -0.313 e. The summed E-state index contributed by atoms with van der Waals surface area (Å²) in [6, 6.07) is 39.3. The first-order valence-corrected chi connectivity index (χ1v) is 17.2. The molecule has 3 nitrogen and oxygen atoms in total. The van der Waals surface area contributed by atoms with Gasteiger partial charge in [-0.3, -0.25) is 0 Å². The van der Waals surface area contributed by atoms with Crippen LogP contribution in [0.2, 0.25) is 0 Å². The van der Waals surface area contributed by atoms with Crippen LogP contribution in [-0.2, 0) is 11.8 Å². The highest BCUT2D eigenvalue weighted by molar-refractivity contribution is 6.02. The molecule has 0 bridgehead atoms. The van der Waals surface area contributed by atoms with Gasteiger partial charge in [0, 0.05) is 44.3 Å². The van der Waals surface area contributed by atoms with Crippen LogP contribution >= 0.6 is 0 Å². The lowest BCUT2D eigenvalue weighted by molar-refractivity contribution is 0.264. The quantitative estimate of drug-likeness (QED) is 0.196. The molecule has 3 heteroatoms. The minimum atomic E-state index is -0.0160. The third-order valence-electron chi connectivity index (χ3n) is 11.5. The third kappa shape index (κ3) is 4.27. The topological polar surface area (TPSA) is 30.7 Å². The van der Waals surface area contributed by atoms with E-state index in [1.54, 1.807) is 0 Å². The molecule has 0 aliphatic heterocycles. The molecule has 48 heavy (non-hydrogen) atoms. The first kappa shape index (κ1) is 28.9. The lowest BCUT2D eigenvalue weighted by Crippen LogP contribution is -2.38. The number of para-hydroxylation sites is 1. The lowest BCUT2D eigenvalue weighted by atomic mass is 9.61. The SMILES string of the molecule is CC1C=CC(c2cc(-c3ccccc3)nc(-c3ccc(-n4c5c(c6ccccc64)C=C4c6ccccc6C(C)(C)C4(C)C5)cc3)n2)=CC1. The van der Waals surface area contributed by atoms with Crippen molar-refractivity contribution in [2.24, 2.45) is 11.3 Å². The van der Waals surface area contributed by atoms with Crippen molar-refractivity contribution in [2.45, 2.75) is 46.0 Å². The fourth-order valence-corrected chi connectivity index (χ4v) is 8.33. The summed E-state index contributed by atoms with van der Waals surface area (Å²) in [5, 5.41) is 1.31. The number of nitrogens with zero attached hydrogens (tertiary/aromatic N) is 3. The monoisotopic (exact) mass is 621 g/mol. The van der Waals surface area contributed by atoms with E-state index in [4.69, 9.17) is 9.97 Å². The Balaban J connectivity index is 1.17. The fraction of sp³-hybridized carbons (Fsp3) is 0.200. The molecule has 0 saturated carbocycles.